The Morgan fingerprint density at radius 1 is 1.48 bits per heavy atom. The van der Waals surface area contributed by atoms with Crippen molar-refractivity contribution in [3.05, 3.63) is 12.4 Å². The Morgan fingerprint density at radius 2 is 2.24 bits per heavy atom. The van der Waals surface area contributed by atoms with Crippen LogP contribution in [0.3, 0.4) is 0 Å². The van der Waals surface area contributed by atoms with Crippen molar-refractivity contribution in [2.45, 2.75) is 13.8 Å². The van der Waals surface area contributed by atoms with Crippen molar-refractivity contribution >= 4 is 23.5 Å². The zero-order chi connectivity index (χ0) is 18.4. The molecule has 1 aromatic rings. The molecule has 1 saturated heterocycles. The summed E-state index contributed by atoms with van der Waals surface area (Å²) in [5.74, 6) is 0.00595. The molecule has 138 valence electrons. The number of hydrogen-bond acceptors (Lipinski definition) is 5. The Hall–Kier alpha value is -2.58. The van der Waals surface area contributed by atoms with E-state index in [4.69, 9.17) is 4.74 Å². The Bertz CT molecular complexity index is 642. The van der Waals surface area contributed by atoms with Gasteiger partial charge in [-0.3, -0.25) is 19.3 Å². The Kier molecular flexibility index (Phi) is 6.37. The van der Waals surface area contributed by atoms with Gasteiger partial charge in [0.15, 0.2) is 5.96 Å². The van der Waals surface area contributed by atoms with E-state index >= 15 is 0 Å². The van der Waals surface area contributed by atoms with E-state index in [1.54, 1.807) is 22.7 Å². The van der Waals surface area contributed by atoms with E-state index in [0.29, 0.717) is 32.1 Å². The summed E-state index contributed by atoms with van der Waals surface area (Å²) < 4.78 is 6.40. The van der Waals surface area contributed by atoms with E-state index in [2.05, 4.69) is 15.4 Å². The molecule has 0 bridgehead atoms. The highest BCUT2D eigenvalue weighted by molar-refractivity contribution is 5.98. The molecule has 1 unspecified atom stereocenters. The van der Waals surface area contributed by atoms with Crippen LogP contribution in [0.1, 0.15) is 13.8 Å². The average molecular weight is 350 g/mol. The van der Waals surface area contributed by atoms with Crippen LogP contribution in [0.25, 0.3) is 0 Å². The van der Waals surface area contributed by atoms with Crippen LogP contribution in [0, 0.1) is 5.92 Å². The number of aromatic nitrogens is 2. The van der Waals surface area contributed by atoms with Gasteiger partial charge in [0, 0.05) is 32.9 Å². The normalized spacial score (nSPS) is 16.8. The molecule has 0 aliphatic carbocycles. The highest BCUT2D eigenvalue weighted by atomic mass is 16.5. The SMILES string of the molecule is CCNC(=NCC(C)C(=O)OC)N1CCN(c2cnn(C)c2)C(=O)C1. The maximum atomic E-state index is 12.5. The summed E-state index contributed by atoms with van der Waals surface area (Å²) in [5.41, 5.74) is 0.799. The molecular weight excluding hydrogens is 324 g/mol. The molecule has 1 N–H and O–H groups in total. The second-order valence-corrected chi connectivity index (χ2v) is 5.96. The lowest BCUT2D eigenvalue weighted by atomic mass is 10.2. The van der Waals surface area contributed by atoms with Crippen molar-refractivity contribution in [3.8, 4) is 0 Å². The number of carbonyl (C=O) groups excluding carboxylic acids is 2. The molecule has 1 aliphatic heterocycles. The lowest BCUT2D eigenvalue weighted by molar-refractivity contribution is -0.144. The number of esters is 1. The predicted octanol–water partition coefficient (Wildman–Crippen LogP) is -0.157. The third-order valence-corrected chi connectivity index (χ3v) is 3.98. The third kappa shape index (κ3) is 4.71. The fourth-order valence-electron chi connectivity index (χ4n) is 2.60. The topological polar surface area (TPSA) is 92.1 Å². The fourth-order valence-corrected chi connectivity index (χ4v) is 2.60. The molecule has 1 amide bonds. The number of rotatable bonds is 5. The van der Waals surface area contributed by atoms with Gasteiger partial charge >= 0.3 is 5.97 Å². The van der Waals surface area contributed by atoms with Crippen LogP contribution in [0.5, 0.6) is 0 Å². The average Bonchev–Trinajstić information content (AvgIpc) is 3.03. The quantitative estimate of drug-likeness (QED) is 0.451. The van der Waals surface area contributed by atoms with Gasteiger partial charge < -0.3 is 19.9 Å². The van der Waals surface area contributed by atoms with E-state index in [-0.39, 0.29) is 24.3 Å². The lowest BCUT2D eigenvalue weighted by Crippen LogP contribution is -2.55. The van der Waals surface area contributed by atoms with Gasteiger partial charge in [-0.25, -0.2) is 0 Å². The van der Waals surface area contributed by atoms with Gasteiger partial charge in [-0.05, 0) is 6.92 Å². The highest BCUT2D eigenvalue weighted by Crippen LogP contribution is 2.16. The minimum Gasteiger partial charge on any atom is -0.469 e. The van der Waals surface area contributed by atoms with E-state index < -0.39 is 0 Å². The molecule has 0 radical (unpaired) electrons. The van der Waals surface area contributed by atoms with Crippen molar-refractivity contribution in [3.63, 3.8) is 0 Å². The molecule has 0 saturated carbocycles. The molecule has 0 aromatic carbocycles. The van der Waals surface area contributed by atoms with Gasteiger partial charge in [-0.1, -0.05) is 6.92 Å². The van der Waals surface area contributed by atoms with Gasteiger partial charge in [0.2, 0.25) is 5.91 Å². The minimum absolute atomic E-state index is 0.00845. The van der Waals surface area contributed by atoms with E-state index in [0.717, 1.165) is 5.69 Å². The number of aliphatic imine (C=N–C) groups is 1. The number of anilines is 1. The minimum atomic E-state index is -0.328. The second-order valence-electron chi connectivity index (χ2n) is 5.96. The molecule has 1 aromatic heterocycles. The summed E-state index contributed by atoms with van der Waals surface area (Å²) in [4.78, 5) is 32.1. The monoisotopic (exact) mass is 350 g/mol. The summed E-state index contributed by atoms with van der Waals surface area (Å²) in [6.45, 7) is 6.17. The van der Waals surface area contributed by atoms with Crippen molar-refractivity contribution in [2.75, 3.05) is 44.7 Å². The highest BCUT2D eigenvalue weighted by Gasteiger charge is 2.27. The van der Waals surface area contributed by atoms with Crippen molar-refractivity contribution in [2.24, 2.45) is 18.0 Å². The van der Waals surface area contributed by atoms with Gasteiger partial charge in [0.05, 0.1) is 31.5 Å². The second kappa shape index (κ2) is 8.50. The number of carbonyl (C=O) groups is 2. The standard InChI is InChI=1S/C16H26N6O3/c1-5-17-16(18-8-12(2)15(24)25-4)21-6-7-22(14(23)11-21)13-9-19-20(3)10-13/h9-10,12H,5-8,11H2,1-4H3,(H,17,18). The molecule has 0 spiro atoms. The summed E-state index contributed by atoms with van der Waals surface area (Å²) in [5, 5.41) is 7.29. The van der Waals surface area contributed by atoms with E-state index in [1.165, 1.54) is 7.11 Å². The van der Waals surface area contributed by atoms with E-state index in [1.807, 2.05) is 25.1 Å². The largest absolute Gasteiger partial charge is 0.469 e. The Balaban J connectivity index is 2.03. The summed E-state index contributed by atoms with van der Waals surface area (Å²) in [6.07, 6.45) is 3.51. The number of guanidine groups is 1. The molecule has 1 fully saturated rings. The number of nitrogens with one attached hydrogen (secondary N) is 1. The lowest BCUT2D eigenvalue weighted by Gasteiger charge is -2.35. The number of aryl methyl sites for hydroxylation is 1. The summed E-state index contributed by atoms with van der Waals surface area (Å²) >= 11 is 0. The molecule has 9 nitrogen and oxygen atoms in total. The van der Waals surface area contributed by atoms with Gasteiger partial charge in [0.25, 0.3) is 0 Å². The number of hydrogen-bond donors (Lipinski definition) is 1. The molecular formula is C16H26N6O3. The van der Waals surface area contributed by atoms with Crippen LogP contribution >= 0.6 is 0 Å². The maximum Gasteiger partial charge on any atom is 0.310 e. The van der Waals surface area contributed by atoms with Gasteiger partial charge in [-0.2, -0.15) is 5.10 Å². The zero-order valence-electron chi connectivity index (χ0n) is 15.2. The van der Waals surface area contributed by atoms with Crippen molar-refractivity contribution < 1.29 is 14.3 Å². The first-order valence-corrected chi connectivity index (χ1v) is 8.36. The smallest absolute Gasteiger partial charge is 0.310 e. The van der Waals surface area contributed by atoms with E-state index in [9.17, 15) is 9.59 Å². The molecule has 25 heavy (non-hydrogen) atoms. The third-order valence-electron chi connectivity index (χ3n) is 3.98. The van der Waals surface area contributed by atoms with Gasteiger partial charge in [-0.15, -0.1) is 0 Å². The fraction of sp³-hybridized carbons (Fsp3) is 0.625. The molecule has 1 atom stereocenters. The first-order valence-electron chi connectivity index (χ1n) is 8.36. The number of methoxy groups -OCH3 is 1. The molecule has 9 heteroatoms. The number of ether oxygens (including phenoxy) is 1. The maximum absolute atomic E-state index is 12.5. The van der Waals surface area contributed by atoms with Crippen LogP contribution in [-0.2, 0) is 21.4 Å². The Labute approximate surface area is 147 Å². The van der Waals surface area contributed by atoms with Crippen molar-refractivity contribution in [1.82, 2.24) is 20.0 Å². The molecule has 1 aliphatic rings. The number of piperazine rings is 1. The number of amides is 1. The van der Waals surface area contributed by atoms with Crippen LogP contribution in [-0.4, -0.2) is 72.4 Å². The van der Waals surface area contributed by atoms with Crippen LogP contribution in [0.2, 0.25) is 0 Å². The van der Waals surface area contributed by atoms with Crippen LogP contribution < -0.4 is 10.2 Å². The first kappa shape index (κ1) is 18.8. The van der Waals surface area contributed by atoms with Crippen LogP contribution in [0.4, 0.5) is 5.69 Å². The number of nitrogens with zero attached hydrogens (tertiary/aromatic N) is 5. The van der Waals surface area contributed by atoms with Crippen molar-refractivity contribution in [1.29, 1.82) is 0 Å². The molecule has 2 heterocycles. The summed E-state index contributed by atoms with van der Waals surface area (Å²) in [6, 6.07) is 0. The first-order chi connectivity index (χ1) is 12.0. The van der Waals surface area contributed by atoms with Crippen LogP contribution in [0.15, 0.2) is 17.4 Å². The predicted molar refractivity (Wildman–Crippen MR) is 94.3 cm³/mol. The Morgan fingerprint density at radius 3 is 2.80 bits per heavy atom. The summed E-state index contributed by atoms with van der Waals surface area (Å²) in [7, 11) is 3.19. The zero-order valence-corrected chi connectivity index (χ0v) is 15.2. The van der Waals surface area contributed by atoms with Gasteiger partial charge in [0.1, 0.15) is 6.54 Å². The molecule has 2 rings (SSSR count).